The number of fused-ring (bicyclic) bond motifs is 1. The molecule has 224 valence electrons. The van der Waals surface area contributed by atoms with Crippen molar-refractivity contribution in [2.75, 3.05) is 0 Å². The highest BCUT2D eigenvalue weighted by atomic mass is 16.4. The van der Waals surface area contributed by atoms with Crippen molar-refractivity contribution in [1.29, 1.82) is 0 Å². The van der Waals surface area contributed by atoms with Gasteiger partial charge in [-0.1, -0.05) is 62.4 Å². The summed E-state index contributed by atoms with van der Waals surface area (Å²) in [6.45, 7) is 3.30. The van der Waals surface area contributed by atoms with Gasteiger partial charge < -0.3 is 37.5 Å². The van der Waals surface area contributed by atoms with Crippen molar-refractivity contribution in [2.24, 2.45) is 17.4 Å². The molecular formula is C30H38N6O6. The summed E-state index contributed by atoms with van der Waals surface area (Å²) in [5.41, 5.74) is 13.9. The molecule has 0 saturated heterocycles. The highest BCUT2D eigenvalue weighted by Crippen LogP contribution is 2.19. The van der Waals surface area contributed by atoms with Gasteiger partial charge >= 0.3 is 5.97 Å². The van der Waals surface area contributed by atoms with Crippen molar-refractivity contribution in [3.63, 3.8) is 0 Å². The maximum absolute atomic E-state index is 13.4. The molecule has 4 unspecified atom stereocenters. The number of aromatic nitrogens is 1. The molecule has 0 aliphatic carbocycles. The fraction of sp³-hybridized carbons (Fsp3) is 0.367. The van der Waals surface area contributed by atoms with E-state index in [1.165, 1.54) is 0 Å². The predicted octanol–water partition coefficient (Wildman–Crippen LogP) is 0.741. The lowest BCUT2D eigenvalue weighted by atomic mass is 10.0. The summed E-state index contributed by atoms with van der Waals surface area (Å²) in [5, 5.41) is 18.2. The van der Waals surface area contributed by atoms with Gasteiger partial charge in [0.15, 0.2) is 0 Å². The van der Waals surface area contributed by atoms with E-state index in [9.17, 15) is 29.1 Å². The highest BCUT2D eigenvalue weighted by Gasteiger charge is 2.31. The van der Waals surface area contributed by atoms with Crippen LogP contribution >= 0.6 is 0 Å². The zero-order chi connectivity index (χ0) is 30.8. The fourth-order valence-electron chi connectivity index (χ4n) is 4.56. The Kier molecular flexibility index (Phi) is 11.2. The number of carbonyl (C=O) groups is 5. The van der Waals surface area contributed by atoms with Gasteiger partial charge in [0.05, 0.1) is 6.04 Å². The summed E-state index contributed by atoms with van der Waals surface area (Å²) >= 11 is 0. The number of primary amides is 1. The number of aliphatic carboxylic acids is 1. The van der Waals surface area contributed by atoms with Crippen molar-refractivity contribution in [1.82, 2.24) is 20.9 Å². The third kappa shape index (κ3) is 8.90. The molecule has 0 saturated carbocycles. The zero-order valence-corrected chi connectivity index (χ0v) is 23.6. The van der Waals surface area contributed by atoms with Crippen LogP contribution in [0.4, 0.5) is 0 Å². The van der Waals surface area contributed by atoms with Crippen molar-refractivity contribution in [3.05, 3.63) is 71.9 Å². The second-order valence-electron chi connectivity index (χ2n) is 10.6. The van der Waals surface area contributed by atoms with Crippen LogP contribution < -0.4 is 27.4 Å². The van der Waals surface area contributed by atoms with E-state index in [0.717, 1.165) is 16.5 Å². The molecular weight excluding hydrogens is 540 g/mol. The number of carbonyl (C=O) groups excluding carboxylic acids is 4. The number of hydrogen-bond acceptors (Lipinski definition) is 6. The van der Waals surface area contributed by atoms with Crippen LogP contribution in [-0.2, 0) is 36.8 Å². The summed E-state index contributed by atoms with van der Waals surface area (Å²) in [7, 11) is 0. The van der Waals surface area contributed by atoms with Crippen LogP contribution in [0.1, 0.15) is 37.8 Å². The lowest BCUT2D eigenvalue weighted by Gasteiger charge is -2.26. The minimum absolute atomic E-state index is 0.0550. The number of nitrogens with one attached hydrogen (secondary N) is 4. The van der Waals surface area contributed by atoms with Gasteiger partial charge in [0.25, 0.3) is 0 Å². The van der Waals surface area contributed by atoms with Gasteiger partial charge in [0.2, 0.25) is 23.6 Å². The first-order chi connectivity index (χ1) is 20.0. The summed E-state index contributed by atoms with van der Waals surface area (Å²) < 4.78 is 0. The van der Waals surface area contributed by atoms with Crippen LogP contribution in [0.5, 0.6) is 0 Å². The number of rotatable bonds is 15. The average Bonchev–Trinajstić information content (AvgIpc) is 3.35. The second kappa shape index (κ2) is 14.8. The number of amides is 4. The second-order valence-corrected chi connectivity index (χ2v) is 10.6. The lowest BCUT2D eigenvalue weighted by Crippen LogP contribution is -2.58. The number of benzene rings is 2. The molecule has 9 N–H and O–H groups in total. The molecule has 0 radical (unpaired) electrons. The molecule has 3 rings (SSSR count). The van der Waals surface area contributed by atoms with Crippen LogP contribution in [0.2, 0.25) is 0 Å². The molecule has 0 spiro atoms. The van der Waals surface area contributed by atoms with Gasteiger partial charge in [-0.15, -0.1) is 0 Å². The largest absolute Gasteiger partial charge is 0.480 e. The minimum Gasteiger partial charge on any atom is -0.480 e. The molecule has 1 aromatic heterocycles. The molecule has 1 heterocycles. The SMILES string of the molecule is CC(C)C(NC(=O)C(Cc1ccccc1)NC(=O)C(CCC(N)=O)NC(=O)C(N)Cc1c[nH]c2ccccc12)C(=O)O. The first-order valence-electron chi connectivity index (χ1n) is 13.7. The quantitative estimate of drug-likeness (QED) is 0.137. The Balaban J connectivity index is 1.77. The summed E-state index contributed by atoms with van der Waals surface area (Å²) in [6.07, 6.45) is 1.67. The van der Waals surface area contributed by atoms with Crippen molar-refractivity contribution in [2.45, 2.75) is 63.7 Å². The third-order valence-corrected chi connectivity index (χ3v) is 6.91. The van der Waals surface area contributed by atoms with Gasteiger partial charge in [-0.3, -0.25) is 19.2 Å². The number of aromatic amines is 1. The average molecular weight is 579 g/mol. The molecule has 12 nitrogen and oxygen atoms in total. The highest BCUT2D eigenvalue weighted by molar-refractivity contribution is 5.95. The van der Waals surface area contributed by atoms with Gasteiger partial charge in [0.1, 0.15) is 18.1 Å². The first kappa shape index (κ1) is 31.8. The predicted molar refractivity (Wildman–Crippen MR) is 157 cm³/mol. The van der Waals surface area contributed by atoms with E-state index in [2.05, 4.69) is 20.9 Å². The lowest BCUT2D eigenvalue weighted by molar-refractivity contribution is -0.143. The first-order valence-corrected chi connectivity index (χ1v) is 13.7. The zero-order valence-electron chi connectivity index (χ0n) is 23.6. The van der Waals surface area contributed by atoms with Gasteiger partial charge in [-0.05, 0) is 36.0 Å². The third-order valence-electron chi connectivity index (χ3n) is 6.91. The molecule has 0 aliphatic heterocycles. The molecule has 4 amide bonds. The Morgan fingerprint density at radius 2 is 1.45 bits per heavy atom. The maximum atomic E-state index is 13.4. The van der Waals surface area contributed by atoms with Gasteiger partial charge in [-0.2, -0.15) is 0 Å². The van der Waals surface area contributed by atoms with Gasteiger partial charge in [0, 0.05) is 29.9 Å². The molecule has 0 bridgehead atoms. The Hall–Kier alpha value is -4.71. The molecule has 4 atom stereocenters. The van der Waals surface area contributed by atoms with Crippen LogP contribution in [0.3, 0.4) is 0 Å². The van der Waals surface area contributed by atoms with E-state index in [4.69, 9.17) is 11.5 Å². The van der Waals surface area contributed by atoms with E-state index < -0.39 is 59.7 Å². The number of carboxylic acid groups (broad SMARTS) is 1. The van der Waals surface area contributed by atoms with E-state index in [1.54, 1.807) is 50.4 Å². The van der Waals surface area contributed by atoms with Crippen molar-refractivity contribution >= 4 is 40.5 Å². The van der Waals surface area contributed by atoms with E-state index in [1.807, 2.05) is 24.3 Å². The van der Waals surface area contributed by atoms with Crippen LogP contribution in [0.15, 0.2) is 60.8 Å². The Bertz CT molecular complexity index is 1410. The molecule has 3 aromatic rings. The molecule has 0 fully saturated rings. The Morgan fingerprint density at radius 3 is 2.10 bits per heavy atom. The standard InChI is InChI=1S/C30H38N6O6/c1-17(2)26(30(41)42)36-29(40)24(14-18-8-4-3-5-9-18)35-28(39)23(12-13-25(32)37)34-27(38)21(31)15-19-16-33-22-11-7-6-10-20(19)22/h3-11,16-17,21,23-24,26,33H,12-15,31H2,1-2H3,(H2,32,37)(H,34,38)(H,35,39)(H,36,40)(H,41,42). The molecule has 12 heteroatoms. The Morgan fingerprint density at radius 1 is 0.833 bits per heavy atom. The van der Waals surface area contributed by atoms with Crippen LogP contribution in [0.25, 0.3) is 10.9 Å². The van der Waals surface area contributed by atoms with Gasteiger partial charge in [-0.25, -0.2) is 4.79 Å². The topological polar surface area (TPSA) is 209 Å². The summed E-state index contributed by atoms with van der Waals surface area (Å²) in [6, 6.07) is 11.8. The summed E-state index contributed by atoms with van der Waals surface area (Å²) in [4.78, 5) is 66.1. The maximum Gasteiger partial charge on any atom is 0.326 e. The molecule has 0 aliphatic rings. The van der Waals surface area contributed by atoms with Crippen molar-refractivity contribution < 1.29 is 29.1 Å². The number of H-pyrrole nitrogens is 1. The Labute approximate surface area is 243 Å². The number of para-hydroxylation sites is 1. The van der Waals surface area contributed by atoms with E-state index >= 15 is 0 Å². The normalized spacial score (nSPS) is 14.0. The molecule has 2 aromatic carbocycles. The number of hydrogen-bond donors (Lipinski definition) is 7. The molecule has 42 heavy (non-hydrogen) atoms. The summed E-state index contributed by atoms with van der Waals surface area (Å²) in [5.74, 6) is -4.37. The number of carboxylic acids is 1. The van der Waals surface area contributed by atoms with Crippen LogP contribution in [0, 0.1) is 5.92 Å². The van der Waals surface area contributed by atoms with E-state index in [-0.39, 0.29) is 25.7 Å². The smallest absolute Gasteiger partial charge is 0.326 e. The monoisotopic (exact) mass is 578 g/mol. The van der Waals surface area contributed by atoms with E-state index in [0.29, 0.717) is 5.56 Å². The minimum atomic E-state index is -1.23. The van der Waals surface area contributed by atoms with Crippen LogP contribution in [-0.4, -0.2) is 63.9 Å². The van der Waals surface area contributed by atoms with Crippen molar-refractivity contribution in [3.8, 4) is 0 Å². The number of nitrogens with two attached hydrogens (primary N) is 2. The fourth-order valence-corrected chi connectivity index (χ4v) is 4.56.